The van der Waals surface area contributed by atoms with Gasteiger partial charge in [0.05, 0.1) is 13.0 Å². The summed E-state index contributed by atoms with van der Waals surface area (Å²) in [6, 6.07) is 4.94. The van der Waals surface area contributed by atoms with Gasteiger partial charge in [0.2, 0.25) is 5.91 Å². The van der Waals surface area contributed by atoms with E-state index in [2.05, 4.69) is 14.8 Å². The van der Waals surface area contributed by atoms with Gasteiger partial charge in [0, 0.05) is 19.6 Å². The minimum absolute atomic E-state index is 0.0140. The van der Waals surface area contributed by atoms with Gasteiger partial charge in [-0.25, -0.2) is 4.79 Å². The van der Waals surface area contributed by atoms with Crippen LogP contribution in [0.3, 0.4) is 0 Å². The Bertz CT molecular complexity index is 771. The maximum absolute atomic E-state index is 12.7. The lowest BCUT2D eigenvalue weighted by Crippen LogP contribution is -2.41. The number of fused-ring (bicyclic) bond motifs is 1. The zero-order chi connectivity index (χ0) is 21.3. The first-order chi connectivity index (χ1) is 13.6. The topological polar surface area (TPSA) is 67.9 Å². The standard InChI is InChI=1S/C20H25F3N2O4/c1-4-12(8-24-19(27)28-3)18(26)25-9-14-15(10-25)17(14)13-6-5-11(2)16(7-13)29-20(21,22)23/h5-7,12,14-15,17H,4,8-10H2,1-3H3,(H,24,27). The van der Waals surface area contributed by atoms with Crippen molar-refractivity contribution in [2.24, 2.45) is 17.8 Å². The SMILES string of the molecule is CCC(CNC(=O)OC)C(=O)N1CC2C(C1)C2c1ccc(C)c(OC(F)(F)F)c1. The molecular weight excluding hydrogens is 389 g/mol. The van der Waals surface area contributed by atoms with E-state index in [0.29, 0.717) is 25.1 Å². The smallest absolute Gasteiger partial charge is 0.453 e. The van der Waals surface area contributed by atoms with E-state index in [1.807, 2.05) is 13.0 Å². The molecule has 2 aliphatic rings. The summed E-state index contributed by atoms with van der Waals surface area (Å²) in [6.45, 7) is 4.83. The van der Waals surface area contributed by atoms with Gasteiger partial charge in [0.1, 0.15) is 5.75 Å². The molecule has 3 atom stereocenters. The van der Waals surface area contributed by atoms with Gasteiger partial charge in [-0.2, -0.15) is 0 Å². The predicted octanol–water partition coefficient (Wildman–Crippen LogP) is 3.45. The molecule has 2 amide bonds. The van der Waals surface area contributed by atoms with Gasteiger partial charge in [-0.1, -0.05) is 19.1 Å². The summed E-state index contributed by atoms with van der Waals surface area (Å²) >= 11 is 0. The Morgan fingerprint density at radius 1 is 1.28 bits per heavy atom. The zero-order valence-corrected chi connectivity index (χ0v) is 16.6. The lowest BCUT2D eigenvalue weighted by Gasteiger charge is -2.25. The largest absolute Gasteiger partial charge is 0.573 e. The molecule has 1 aromatic rings. The number of hydrogen-bond donors (Lipinski definition) is 1. The molecule has 1 aromatic carbocycles. The van der Waals surface area contributed by atoms with Crippen LogP contribution in [0.15, 0.2) is 18.2 Å². The molecular formula is C20H25F3N2O4. The lowest BCUT2D eigenvalue weighted by molar-refractivity contribution is -0.274. The van der Waals surface area contributed by atoms with Crippen molar-refractivity contribution in [1.82, 2.24) is 10.2 Å². The van der Waals surface area contributed by atoms with E-state index in [-0.39, 0.29) is 41.9 Å². The number of carbonyl (C=O) groups is 2. The second kappa shape index (κ2) is 8.12. The fourth-order valence-corrected chi connectivity index (χ4v) is 4.20. The molecule has 3 rings (SSSR count). The fourth-order valence-electron chi connectivity index (χ4n) is 4.20. The average Bonchev–Trinajstić information content (AvgIpc) is 3.15. The number of piperidine rings is 1. The normalized spacial score (nSPS) is 23.9. The van der Waals surface area contributed by atoms with Gasteiger partial charge in [-0.05, 0) is 48.3 Å². The highest BCUT2D eigenvalue weighted by Crippen LogP contribution is 2.58. The summed E-state index contributed by atoms with van der Waals surface area (Å²) in [5.41, 5.74) is 1.24. The molecule has 29 heavy (non-hydrogen) atoms. The number of nitrogens with one attached hydrogen (secondary N) is 1. The number of carbonyl (C=O) groups excluding carboxylic acids is 2. The maximum atomic E-state index is 12.7. The van der Waals surface area contributed by atoms with Crippen LogP contribution in [0.2, 0.25) is 0 Å². The van der Waals surface area contributed by atoms with Crippen molar-refractivity contribution >= 4 is 12.0 Å². The first-order valence-electron chi connectivity index (χ1n) is 9.61. The van der Waals surface area contributed by atoms with Crippen molar-refractivity contribution < 1.29 is 32.2 Å². The van der Waals surface area contributed by atoms with Crippen molar-refractivity contribution in [1.29, 1.82) is 0 Å². The summed E-state index contributed by atoms with van der Waals surface area (Å²) < 4.78 is 46.4. The number of ether oxygens (including phenoxy) is 2. The highest BCUT2D eigenvalue weighted by atomic mass is 19.4. The number of halogens is 3. The van der Waals surface area contributed by atoms with Crippen LogP contribution in [-0.2, 0) is 9.53 Å². The molecule has 9 heteroatoms. The Morgan fingerprint density at radius 3 is 2.48 bits per heavy atom. The van der Waals surface area contributed by atoms with Crippen LogP contribution >= 0.6 is 0 Å². The van der Waals surface area contributed by atoms with Crippen molar-refractivity contribution in [3.8, 4) is 5.75 Å². The van der Waals surface area contributed by atoms with Crippen LogP contribution in [-0.4, -0.2) is 50.0 Å². The van der Waals surface area contributed by atoms with Crippen molar-refractivity contribution in [2.45, 2.75) is 32.5 Å². The van der Waals surface area contributed by atoms with Crippen LogP contribution in [0.25, 0.3) is 0 Å². The van der Waals surface area contributed by atoms with Crippen LogP contribution in [0.4, 0.5) is 18.0 Å². The molecule has 0 aromatic heterocycles. The van der Waals surface area contributed by atoms with E-state index in [9.17, 15) is 22.8 Å². The van der Waals surface area contributed by atoms with Crippen molar-refractivity contribution in [3.63, 3.8) is 0 Å². The third kappa shape index (κ3) is 4.76. The van der Waals surface area contributed by atoms with Crippen LogP contribution in [0.1, 0.15) is 30.4 Å². The number of nitrogens with zero attached hydrogens (tertiary/aromatic N) is 1. The Hall–Kier alpha value is -2.45. The first kappa shape index (κ1) is 21.3. The van der Waals surface area contributed by atoms with E-state index in [1.165, 1.54) is 13.2 Å². The molecule has 3 unspecified atom stereocenters. The minimum Gasteiger partial charge on any atom is -0.453 e. The molecule has 0 bridgehead atoms. The van der Waals surface area contributed by atoms with E-state index < -0.39 is 12.5 Å². The molecule has 6 nitrogen and oxygen atoms in total. The van der Waals surface area contributed by atoms with E-state index in [4.69, 9.17) is 0 Å². The molecule has 1 aliphatic heterocycles. The van der Waals surface area contributed by atoms with Crippen LogP contribution in [0.5, 0.6) is 5.75 Å². The Kier molecular flexibility index (Phi) is 5.95. The van der Waals surface area contributed by atoms with Gasteiger partial charge >= 0.3 is 12.5 Å². The minimum atomic E-state index is -4.72. The first-order valence-corrected chi connectivity index (χ1v) is 9.61. The predicted molar refractivity (Wildman–Crippen MR) is 98.4 cm³/mol. The van der Waals surface area contributed by atoms with Crippen LogP contribution in [0, 0.1) is 24.7 Å². The summed E-state index contributed by atoms with van der Waals surface area (Å²) in [4.78, 5) is 25.8. The molecule has 160 valence electrons. The number of rotatable bonds is 6. The van der Waals surface area contributed by atoms with Gasteiger partial charge in [-0.3, -0.25) is 4.79 Å². The molecule has 0 spiro atoms. The van der Waals surface area contributed by atoms with Gasteiger partial charge in [-0.15, -0.1) is 13.2 Å². The van der Waals surface area contributed by atoms with Gasteiger partial charge < -0.3 is 19.7 Å². The number of hydrogen-bond acceptors (Lipinski definition) is 4. The Labute approximate surface area is 167 Å². The molecule has 0 radical (unpaired) electrons. The van der Waals surface area contributed by atoms with Gasteiger partial charge in [0.15, 0.2) is 0 Å². The number of alkyl carbamates (subject to hydrolysis) is 1. The quantitative estimate of drug-likeness (QED) is 0.774. The van der Waals surface area contributed by atoms with Gasteiger partial charge in [0.25, 0.3) is 0 Å². The third-order valence-corrected chi connectivity index (χ3v) is 5.85. The fraction of sp³-hybridized carbons (Fsp3) is 0.600. The number of aryl methyl sites for hydroxylation is 1. The highest BCUT2D eigenvalue weighted by Gasteiger charge is 2.57. The monoisotopic (exact) mass is 414 g/mol. The number of likely N-dealkylation sites (tertiary alicyclic amines) is 1. The molecule has 1 heterocycles. The summed E-state index contributed by atoms with van der Waals surface area (Å²) in [6.07, 6.45) is -4.70. The number of benzene rings is 1. The highest BCUT2D eigenvalue weighted by molar-refractivity contribution is 5.80. The second-order valence-electron chi connectivity index (χ2n) is 7.65. The number of methoxy groups -OCH3 is 1. The molecule has 1 saturated heterocycles. The number of amides is 2. The molecule has 1 saturated carbocycles. The lowest BCUT2D eigenvalue weighted by atomic mass is 10.0. The third-order valence-electron chi connectivity index (χ3n) is 5.85. The average molecular weight is 414 g/mol. The van der Waals surface area contributed by atoms with Crippen LogP contribution < -0.4 is 10.1 Å². The summed E-state index contributed by atoms with van der Waals surface area (Å²) in [5.74, 6) is 0.116. The van der Waals surface area contributed by atoms with E-state index in [1.54, 1.807) is 17.9 Å². The van der Waals surface area contributed by atoms with Crippen molar-refractivity contribution in [3.05, 3.63) is 29.3 Å². The second-order valence-corrected chi connectivity index (χ2v) is 7.65. The van der Waals surface area contributed by atoms with Crippen molar-refractivity contribution in [2.75, 3.05) is 26.7 Å². The summed E-state index contributed by atoms with van der Waals surface area (Å²) in [7, 11) is 1.27. The Balaban J connectivity index is 1.59. The zero-order valence-electron chi connectivity index (χ0n) is 16.6. The summed E-state index contributed by atoms with van der Waals surface area (Å²) in [5, 5.41) is 2.56. The van der Waals surface area contributed by atoms with E-state index in [0.717, 1.165) is 5.56 Å². The molecule has 1 aliphatic carbocycles. The molecule has 2 fully saturated rings. The maximum Gasteiger partial charge on any atom is 0.573 e. The van der Waals surface area contributed by atoms with E-state index >= 15 is 0 Å². The number of alkyl halides is 3. The molecule has 1 N–H and O–H groups in total. The Morgan fingerprint density at radius 2 is 1.93 bits per heavy atom.